The van der Waals surface area contributed by atoms with Gasteiger partial charge in [0.15, 0.2) is 11.4 Å². The lowest BCUT2D eigenvalue weighted by atomic mass is 9.94. The molecule has 2 amide bonds. The largest absolute Gasteiger partial charge is 0.394 e. The van der Waals surface area contributed by atoms with E-state index in [1.54, 1.807) is 6.92 Å². The molecule has 1 saturated heterocycles. The van der Waals surface area contributed by atoms with Crippen molar-refractivity contribution in [3.8, 4) is 0 Å². The van der Waals surface area contributed by atoms with Crippen molar-refractivity contribution in [2.24, 2.45) is 5.92 Å². The van der Waals surface area contributed by atoms with E-state index in [1.165, 1.54) is 0 Å². The number of aliphatic hydroxyl groups excluding tert-OH is 2. The minimum atomic E-state index is -1.28. The molecular weight excluding hydrogens is 376 g/mol. The molecule has 8 heteroatoms. The van der Waals surface area contributed by atoms with Gasteiger partial charge in [-0.15, -0.1) is 6.58 Å². The summed E-state index contributed by atoms with van der Waals surface area (Å²) in [5, 5.41) is 24.0. The Morgan fingerprint density at radius 1 is 1.10 bits per heavy atom. The lowest BCUT2D eigenvalue weighted by Gasteiger charge is -2.23. The number of hydrogen-bond acceptors (Lipinski definition) is 6. The third-order valence-corrected chi connectivity index (χ3v) is 4.90. The first kappa shape index (κ1) is 25.3. The van der Waals surface area contributed by atoms with Gasteiger partial charge in [-0.1, -0.05) is 38.7 Å². The molecule has 0 aromatic carbocycles. The summed E-state index contributed by atoms with van der Waals surface area (Å²) < 4.78 is 5.08. The van der Waals surface area contributed by atoms with E-state index in [2.05, 4.69) is 31.1 Å². The minimum Gasteiger partial charge on any atom is -0.394 e. The second kappa shape index (κ2) is 12.0. The number of hydrogen-bond donors (Lipinski definition) is 4. The summed E-state index contributed by atoms with van der Waals surface area (Å²) in [6.07, 6.45) is 4.26. The monoisotopic (exact) mass is 412 g/mol. The van der Waals surface area contributed by atoms with E-state index in [9.17, 15) is 24.6 Å². The van der Waals surface area contributed by atoms with Crippen LogP contribution in [0.3, 0.4) is 0 Å². The number of ether oxygens (including phenoxy) is 1. The SMILES string of the molecule is C=C(C)C[C@H](NC(=O)[C@H](CO)NC(=O)CCCCCC(C)C)C(=O)[C@@]1(CO)CO1. The van der Waals surface area contributed by atoms with Crippen LogP contribution >= 0.6 is 0 Å². The molecule has 3 atom stereocenters. The summed E-state index contributed by atoms with van der Waals surface area (Å²) in [5.74, 6) is -0.783. The van der Waals surface area contributed by atoms with Crippen molar-refractivity contribution in [1.82, 2.24) is 10.6 Å². The normalized spacial score (nSPS) is 20.1. The maximum Gasteiger partial charge on any atom is 0.245 e. The van der Waals surface area contributed by atoms with E-state index < -0.39 is 42.6 Å². The molecule has 0 spiro atoms. The number of carbonyl (C=O) groups excluding carboxylic acids is 3. The standard InChI is InChI=1S/C21H36N2O6/c1-14(2)8-6-5-7-9-18(26)22-17(11-24)20(28)23-16(10-15(3)4)19(27)21(12-25)13-29-21/h14,16-17,24-25H,3,5-13H2,1-2,4H3,(H,22,26)(H,23,28)/t16-,17-,21+/m0/s1. The summed E-state index contributed by atoms with van der Waals surface area (Å²) in [6, 6.07) is -2.10. The molecule has 4 N–H and O–H groups in total. The molecule has 0 unspecified atom stereocenters. The van der Waals surface area contributed by atoms with Gasteiger partial charge in [-0.2, -0.15) is 0 Å². The van der Waals surface area contributed by atoms with Gasteiger partial charge in [0.2, 0.25) is 11.8 Å². The number of Topliss-reactive ketones (excluding diaryl/α,β-unsaturated/α-hetero) is 1. The number of aliphatic hydroxyl groups is 2. The van der Waals surface area contributed by atoms with Crippen LogP contribution in [0.5, 0.6) is 0 Å². The molecule has 0 aliphatic carbocycles. The van der Waals surface area contributed by atoms with Gasteiger partial charge in [0.25, 0.3) is 0 Å². The third-order valence-electron chi connectivity index (χ3n) is 4.90. The Kier molecular flexibility index (Phi) is 10.5. The first-order valence-corrected chi connectivity index (χ1v) is 10.3. The molecule has 166 valence electrons. The predicted molar refractivity (Wildman–Crippen MR) is 109 cm³/mol. The van der Waals surface area contributed by atoms with Crippen LogP contribution in [0.2, 0.25) is 0 Å². The van der Waals surface area contributed by atoms with Crippen molar-refractivity contribution in [2.75, 3.05) is 19.8 Å². The Morgan fingerprint density at radius 2 is 1.76 bits per heavy atom. The van der Waals surface area contributed by atoms with Crippen LogP contribution < -0.4 is 10.6 Å². The van der Waals surface area contributed by atoms with Crippen molar-refractivity contribution in [1.29, 1.82) is 0 Å². The maximum absolute atomic E-state index is 12.6. The lowest BCUT2D eigenvalue weighted by molar-refractivity contribution is -0.134. The highest BCUT2D eigenvalue weighted by Crippen LogP contribution is 2.29. The Bertz CT molecular complexity index is 586. The van der Waals surface area contributed by atoms with Crippen molar-refractivity contribution in [2.45, 2.75) is 77.0 Å². The highest BCUT2D eigenvalue weighted by Gasteiger charge is 2.54. The molecule has 1 heterocycles. The minimum absolute atomic E-state index is 0.0991. The number of unbranched alkanes of at least 4 members (excludes halogenated alkanes) is 2. The van der Waals surface area contributed by atoms with Gasteiger partial charge < -0.3 is 25.6 Å². The van der Waals surface area contributed by atoms with Gasteiger partial charge in [-0.05, 0) is 25.7 Å². The molecular formula is C21H36N2O6. The Labute approximate surface area is 173 Å². The predicted octanol–water partition coefficient (Wildman–Crippen LogP) is 0.851. The second-order valence-corrected chi connectivity index (χ2v) is 8.32. The average Bonchev–Trinajstić information content (AvgIpc) is 3.45. The zero-order valence-corrected chi connectivity index (χ0v) is 17.8. The van der Waals surface area contributed by atoms with Crippen molar-refractivity contribution in [3.05, 3.63) is 12.2 Å². The third kappa shape index (κ3) is 8.64. The molecule has 1 aliphatic rings. The summed E-state index contributed by atoms with van der Waals surface area (Å²) in [7, 11) is 0. The van der Waals surface area contributed by atoms with Gasteiger partial charge in [-0.25, -0.2) is 0 Å². The topological polar surface area (TPSA) is 128 Å². The molecule has 29 heavy (non-hydrogen) atoms. The van der Waals surface area contributed by atoms with Crippen molar-refractivity contribution < 1.29 is 29.3 Å². The highest BCUT2D eigenvalue weighted by atomic mass is 16.6. The van der Waals surface area contributed by atoms with Crippen LogP contribution in [0, 0.1) is 5.92 Å². The van der Waals surface area contributed by atoms with Gasteiger partial charge in [0, 0.05) is 6.42 Å². The fourth-order valence-corrected chi connectivity index (χ4v) is 3.02. The smallest absolute Gasteiger partial charge is 0.245 e. The maximum atomic E-state index is 12.6. The van der Waals surface area contributed by atoms with Crippen LogP contribution in [0.4, 0.5) is 0 Å². The van der Waals surface area contributed by atoms with Crippen LogP contribution in [-0.4, -0.2) is 65.3 Å². The van der Waals surface area contributed by atoms with Crippen LogP contribution in [-0.2, 0) is 19.1 Å². The second-order valence-electron chi connectivity index (χ2n) is 8.32. The van der Waals surface area contributed by atoms with E-state index in [4.69, 9.17) is 4.74 Å². The molecule has 1 rings (SSSR count). The van der Waals surface area contributed by atoms with E-state index >= 15 is 0 Å². The fraction of sp³-hybridized carbons (Fsp3) is 0.762. The molecule has 1 fully saturated rings. The number of nitrogens with one attached hydrogen (secondary N) is 2. The van der Waals surface area contributed by atoms with E-state index in [0.717, 1.165) is 19.3 Å². The van der Waals surface area contributed by atoms with Gasteiger partial charge in [0.1, 0.15) is 6.04 Å². The molecule has 0 radical (unpaired) electrons. The first-order valence-electron chi connectivity index (χ1n) is 10.3. The van der Waals surface area contributed by atoms with Crippen LogP contribution in [0.25, 0.3) is 0 Å². The lowest BCUT2D eigenvalue weighted by Crippen LogP contribution is -2.55. The van der Waals surface area contributed by atoms with Gasteiger partial charge in [0.05, 0.1) is 25.9 Å². The molecule has 0 bridgehead atoms. The molecule has 0 aromatic rings. The molecule has 0 saturated carbocycles. The van der Waals surface area contributed by atoms with Crippen molar-refractivity contribution >= 4 is 17.6 Å². The van der Waals surface area contributed by atoms with Crippen LogP contribution in [0.1, 0.15) is 59.3 Å². The first-order chi connectivity index (χ1) is 13.6. The fourth-order valence-electron chi connectivity index (χ4n) is 3.02. The summed E-state index contributed by atoms with van der Waals surface area (Å²) in [4.78, 5) is 37.2. The quantitative estimate of drug-likeness (QED) is 0.179. The van der Waals surface area contributed by atoms with Gasteiger partial charge in [-0.3, -0.25) is 14.4 Å². The zero-order chi connectivity index (χ0) is 22.0. The average molecular weight is 413 g/mol. The summed E-state index contributed by atoms with van der Waals surface area (Å²) in [5.41, 5.74) is -0.607. The number of rotatable bonds is 15. The van der Waals surface area contributed by atoms with Gasteiger partial charge >= 0.3 is 0 Å². The molecule has 0 aromatic heterocycles. The number of carbonyl (C=O) groups is 3. The van der Waals surface area contributed by atoms with E-state index in [1.807, 2.05) is 0 Å². The zero-order valence-electron chi connectivity index (χ0n) is 17.8. The number of epoxide rings is 1. The van der Waals surface area contributed by atoms with E-state index in [-0.39, 0.29) is 25.4 Å². The number of ketones is 1. The van der Waals surface area contributed by atoms with Crippen LogP contribution in [0.15, 0.2) is 12.2 Å². The Hall–Kier alpha value is -1.77. The number of amides is 2. The Morgan fingerprint density at radius 3 is 2.24 bits per heavy atom. The molecule has 8 nitrogen and oxygen atoms in total. The molecule has 1 aliphatic heterocycles. The summed E-state index contributed by atoms with van der Waals surface area (Å²) >= 11 is 0. The Balaban J connectivity index is 2.56. The van der Waals surface area contributed by atoms with E-state index in [0.29, 0.717) is 17.9 Å². The highest BCUT2D eigenvalue weighted by molar-refractivity contribution is 5.98. The summed E-state index contributed by atoms with van der Waals surface area (Å²) in [6.45, 7) is 8.84. The van der Waals surface area contributed by atoms with Crippen molar-refractivity contribution in [3.63, 3.8) is 0 Å².